The molecule has 0 heterocycles. The van der Waals surface area contributed by atoms with Crippen molar-refractivity contribution in [1.82, 2.24) is 0 Å². The first-order valence-electron chi connectivity index (χ1n) is 6.22. The molecule has 3 unspecified atom stereocenters. The molecule has 0 radical (unpaired) electrons. The van der Waals surface area contributed by atoms with Crippen molar-refractivity contribution in [1.29, 1.82) is 0 Å². The van der Waals surface area contributed by atoms with Crippen molar-refractivity contribution in [3.05, 3.63) is 45.1 Å². The summed E-state index contributed by atoms with van der Waals surface area (Å²) in [6.45, 7) is 2.38. The van der Waals surface area contributed by atoms with E-state index < -0.39 is 0 Å². The van der Waals surface area contributed by atoms with Crippen molar-refractivity contribution in [2.45, 2.75) is 26.2 Å². The third-order valence-corrected chi connectivity index (χ3v) is 5.00. The molecule has 1 heteroatoms. The van der Waals surface area contributed by atoms with E-state index in [-0.39, 0.29) is 0 Å². The van der Waals surface area contributed by atoms with Crippen LogP contribution in [-0.2, 0) is 0 Å². The predicted octanol–water partition coefficient (Wildman–Crippen LogP) is 4.79. The van der Waals surface area contributed by atoms with Gasteiger partial charge in [-0.1, -0.05) is 42.9 Å². The number of allylic oxidation sites excluding steroid dienone is 8. The van der Waals surface area contributed by atoms with Gasteiger partial charge in [0.15, 0.2) is 0 Å². The number of hydrogen-bond donors (Lipinski definition) is 0. The minimum Gasteiger partial charge on any atom is -0.0879 e. The van der Waals surface area contributed by atoms with Crippen molar-refractivity contribution in [2.75, 3.05) is 0 Å². The molecule has 3 aliphatic rings. The Morgan fingerprint density at radius 3 is 3.06 bits per heavy atom. The van der Waals surface area contributed by atoms with Gasteiger partial charge in [0.25, 0.3) is 0 Å². The minimum atomic E-state index is 0.696. The summed E-state index contributed by atoms with van der Waals surface area (Å²) in [6, 6.07) is 0. The Labute approximate surface area is 111 Å². The highest BCUT2D eigenvalue weighted by Crippen LogP contribution is 2.46. The fraction of sp³-hybridized carbons (Fsp3) is 0.467. The van der Waals surface area contributed by atoms with Crippen molar-refractivity contribution >= 4 is 22.6 Å². The lowest BCUT2D eigenvalue weighted by Gasteiger charge is -2.37. The van der Waals surface area contributed by atoms with Gasteiger partial charge >= 0.3 is 0 Å². The van der Waals surface area contributed by atoms with E-state index >= 15 is 0 Å². The Morgan fingerprint density at radius 1 is 1.31 bits per heavy atom. The number of halogens is 1. The van der Waals surface area contributed by atoms with Crippen LogP contribution in [0.4, 0.5) is 0 Å². The summed E-state index contributed by atoms with van der Waals surface area (Å²) in [5.74, 6) is 2.19. The summed E-state index contributed by atoms with van der Waals surface area (Å²) in [4.78, 5) is 0. The van der Waals surface area contributed by atoms with Crippen LogP contribution in [0.5, 0.6) is 0 Å². The first kappa shape index (κ1) is 10.8. The van der Waals surface area contributed by atoms with Gasteiger partial charge in [-0.15, -0.1) is 0 Å². The number of rotatable bonds is 0. The number of fused-ring (bicyclic) bond motifs is 2. The third-order valence-electron chi connectivity index (χ3n) is 4.06. The van der Waals surface area contributed by atoms with Gasteiger partial charge in [0, 0.05) is 9.50 Å². The van der Waals surface area contributed by atoms with E-state index in [9.17, 15) is 0 Å². The van der Waals surface area contributed by atoms with Crippen LogP contribution in [0.2, 0.25) is 0 Å². The fourth-order valence-electron chi connectivity index (χ4n) is 3.26. The lowest BCUT2D eigenvalue weighted by atomic mass is 9.69. The van der Waals surface area contributed by atoms with E-state index in [0.29, 0.717) is 5.92 Å². The standard InChI is InChI=1S/C15H17I/c1-10-5-4-8-13-14(16)9-11-6-2-3-7-12(11)15(10)13/h3-4,7-12H,2,5-6H2,1H3. The number of hydrogen-bond acceptors (Lipinski definition) is 0. The Bertz CT molecular complexity index is 423. The monoisotopic (exact) mass is 324 g/mol. The van der Waals surface area contributed by atoms with E-state index in [0.717, 1.165) is 11.8 Å². The van der Waals surface area contributed by atoms with Crippen molar-refractivity contribution < 1.29 is 0 Å². The van der Waals surface area contributed by atoms with E-state index in [1.54, 1.807) is 5.57 Å². The molecule has 0 nitrogen and oxygen atoms in total. The molecule has 0 aliphatic heterocycles. The minimum absolute atomic E-state index is 0.696. The van der Waals surface area contributed by atoms with Crippen LogP contribution in [0.3, 0.4) is 0 Å². The SMILES string of the molecule is CC1CC=CC2=C1C1C=CCCC1C=C2I. The average molecular weight is 324 g/mol. The second-order valence-electron chi connectivity index (χ2n) is 5.12. The van der Waals surface area contributed by atoms with Gasteiger partial charge in [0.05, 0.1) is 0 Å². The largest absolute Gasteiger partial charge is 0.0879 e. The zero-order valence-electron chi connectivity index (χ0n) is 9.62. The maximum absolute atomic E-state index is 2.52. The second kappa shape index (κ2) is 4.17. The lowest BCUT2D eigenvalue weighted by molar-refractivity contribution is 0.429. The summed E-state index contributed by atoms with van der Waals surface area (Å²) in [7, 11) is 0. The van der Waals surface area contributed by atoms with Crippen LogP contribution < -0.4 is 0 Å². The van der Waals surface area contributed by atoms with Crippen LogP contribution in [-0.4, -0.2) is 0 Å². The van der Waals surface area contributed by atoms with Gasteiger partial charge in [-0.2, -0.15) is 0 Å². The van der Waals surface area contributed by atoms with Crippen molar-refractivity contribution in [2.24, 2.45) is 17.8 Å². The molecule has 0 saturated heterocycles. The highest BCUT2D eigenvalue weighted by atomic mass is 127. The molecule has 0 amide bonds. The molecule has 3 aliphatic carbocycles. The third kappa shape index (κ3) is 1.64. The molecule has 0 spiro atoms. The topological polar surface area (TPSA) is 0 Å². The molecular formula is C15H17I. The van der Waals surface area contributed by atoms with Gasteiger partial charge in [-0.3, -0.25) is 0 Å². The molecule has 0 aromatic rings. The van der Waals surface area contributed by atoms with Crippen LogP contribution in [0.1, 0.15) is 26.2 Å². The molecule has 16 heavy (non-hydrogen) atoms. The summed E-state index contributed by atoms with van der Waals surface area (Å²) in [5.41, 5.74) is 3.22. The molecule has 0 N–H and O–H groups in total. The summed E-state index contributed by atoms with van der Waals surface area (Å²) < 4.78 is 1.48. The molecule has 0 fully saturated rings. The molecule has 0 aromatic carbocycles. The molecule has 0 aromatic heterocycles. The predicted molar refractivity (Wildman–Crippen MR) is 77.4 cm³/mol. The maximum atomic E-state index is 2.52. The maximum Gasteiger partial charge on any atom is 0.0165 e. The quantitative estimate of drug-likeness (QED) is 0.444. The highest BCUT2D eigenvalue weighted by Gasteiger charge is 2.33. The zero-order valence-corrected chi connectivity index (χ0v) is 11.8. The zero-order chi connectivity index (χ0) is 11.1. The summed E-state index contributed by atoms with van der Waals surface area (Å²) >= 11 is 2.52. The van der Waals surface area contributed by atoms with Gasteiger partial charge in [-0.05, 0) is 59.3 Å². The normalized spacial score (nSPS) is 36.9. The first-order valence-corrected chi connectivity index (χ1v) is 7.30. The van der Waals surface area contributed by atoms with Crippen LogP contribution >= 0.6 is 22.6 Å². The van der Waals surface area contributed by atoms with Crippen LogP contribution in [0.25, 0.3) is 0 Å². The van der Waals surface area contributed by atoms with Gasteiger partial charge in [0.1, 0.15) is 0 Å². The summed E-state index contributed by atoms with van der Waals surface area (Å²) in [6.07, 6.45) is 15.8. The van der Waals surface area contributed by atoms with Crippen LogP contribution in [0, 0.1) is 17.8 Å². The summed E-state index contributed by atoms with van der Waals surface area (Å²) in [5, 5.41) is 0. The Morgan fingerprint density at radius 2 is 2.19 bits per heavy atom. The lowest BCUT2D eigenvalue weighted by Crippen LogP contribution is -2.25. The van der Waals surface area contributed by atoms with Gasteiger partial charge < -0.3 is 0 Å². The average Bonchev–Trinajstić information content (AvgIpc) is 2.30. The van der Waals surface area contributed by atoms with E-state index in [4.69, 9.17) is 0 Å². The van der Waals surface area contributed by atoms with Crippen LogP contribution in [0.15, 0.2) is 45.1 Å². The molecule has 0 bridgehead atoms. The fourth-order valence-corrected chi connectivity index (χ4v) is 4.21. The van der Waals surface area contributed by atoms with E-state index in [2.05, 4.69) is 59.9 Å². The Kier molecular flexibility index (Phi) is 2.82. The van der Waals surface area contributed by atoms with Crippen molar-refractivity contribution in [3.8, 4) is 0 Å². The highest BCUT2D eigenvalue weighted by molar-refractivity contribution is 14.1. The van der Waals surface area contributed by atoms with Crippen molar-refractivity contribution in [3.63, 3.8) is 0 Å². The van der Waals surface area contributed by atoms with E-state index in [1.165, 1.54) is 28.4 Å². The van der Waals surface area contributed by atoms with E-state index in [1.807, 2.05) is 0 Å². The molecule has 0 saturated carbocycles. The molecule has 84 valence electrons. The molecule has 3 atom stereocenters. The molecular weight excluding hydrogens is 307 g/mol. The molecule has 3 rings (SSSR count). The Hall–Kier alpha value is -0.310. The van der Waals surface area contributed by atoms with Gasteiger partial charge in [-0.25, -0.2) is 0 Å². The smallest absolute Gasteiger partial charge is 0.0165 e. The first-order chi connectivity index (χ1) is 7.77. The second-order valence-corrected chi connectivity index (χ2v) is 6.28. The Balaban J connectivity index is 2.11. The van der Waals surface area contributed by atoms with Gasteiger partial charge in [0.2, 0.25) is 0 Å².